The molecule has 2 saturated carbocycles. The molecule has 0 radical (unpaired) electrons. The van der Waals surface area contributed by atoms with Crippen LogP contribution in [0.15, 0.2) is 126 Å². The number of ketones is 1. The van der Waals surface area contributed by atoms with E-state index in [0.29, 0.717) is 30.6 Å². The van der Waals surface area contributed by atoms with Gasteiger partial charge in [-0.15, -0.1) is 0 Å². The maximum Gasteiger partial charge on any atom is 0.509 e. The van der Waals surface area contributed by atoms with Crippen LogP contribution in [-0.2, 0) is 73.3 Å². The molecule has 1 saturated heterocycles. The molecule has 25 heteroatoms. The maximum atomic E-state index is 15.9. The molecule has 1 aliphatic heterocycles. The predicted molar refractivity (Wildman–Crippen MR) is 351 cm³/mol. The van der Waals surface area contributed by atoms with Gasteiger partial charge in [0.25, 0.3) is 5.91 Å². The molecule has 3 fully saturated rings. The molecule has 2 bridgehead atoms. The van der Waals surface area contributed by atoms with Gasteiger partial charge in [-0.3, -0.25) is 33.6 Å². The standard InChI is InChI=1S/C72H90N6O19/c1-39(2)34-50(77-65(86)55(74)40(3)4)64(85)76-49(28-20-21-33-73)63(84)75-48-31-29-44(30-32-48)37-91-68(89)95-58(56(45-22-14-11-15-23-45)78-62(83)46-24-16-12-17-25-46)67(88)94-51-36-72(90)61(96-66(87)47-26-18-13-19-27-47)59-70(10,52(81)35-53-71(59,38-92-53)97-43(7)80)60(82)57(93-42(6)79)54(41(51)5)69(72,8)9/h11-19,22-27,29-32,39-40,49-53,55-59,61,81,90H,20-21,28,33-38,73-74H2,1-10H3,(H,75,84)(H,76,85)(H,77,86)(H,78,83)/t49-,50-,51-,52-,53+,55+,56-,57+,58+,59?,61?,70+,71-,72+/m0/s1. The first-order valence-electron chi connectivity index (χ1n) is 32.7. The molecule has 522 valence electrons. The fraction of sp³-hybridized carbons (Fsp3) is 0.500. The number of unbranched alkanes of at least 4 members (excludes halogenated alkanes) is 1. The molecular weight excluding hydrogens is 1250 g/mol. The van der Waals surface area contributed by atoms with Gasteiger partial charge < -0.3 is 76.1 Å². The van der Waals surface area contributed by atoms with E-state index in [9.17, 15) is 48.6 Å². The van der Waals surface area contributed by atoms with Gasteiger partial charge in [0.05, 0.1) is 35.6 Å². The molecule has 14 atom stereocenters. The van der Waals surface area contributed by atoms with Crippen molar-refractivity contribution in [3.8, 4) is 0 Å². The number of carbonyl (C=O) groups is 10. The monoisotopic (exact) mass is 1340 g/mol. The van der Waals surface area contributed by atoms with E-state index in [1.54, 1.807) is 80.6 Å². The summed E-state index contributed by atoms with van der Waals surface area (Å²) in [7, 11) is 0. The number of nitrogens with one attached hydrogen (secondary N) is 4. The van der Waals surface area contributed by atoms with E-state index in [0.717, 1.165) is 13.8 Å². The van der Waals surface area contributed by atoms with Crippen LogP contribution in [0.1, 0.15) is 146 Å². The van der Waals surface area contributed by atoms with Crippen LogP contribution in [0.2, 0.25) is 0 Å². The third-order valence-electron chi connectivity index (χ3n) is 19.2. The fourth-order valence-electron chi connectivity index (χ4n) is 13.8. The first kappa shape index (κ1) is 73.9. The molecule has 25 nitrogen and oxygen atoms in total. The molecule has 8 rings (SSSR count). The number of benzene rings is 4. The molecule has 4 amide bonds. The Labute approximate surface area is 563 Å². The normalized spacial score (nSPS) is 25.4. The van der Waals surface area contributed by atoms with Crippen LogP contribution in [0.25, 0.3) is 0 Å². The van der Waals surface area contributed by atoms with Crippen LogP contribution in [0.5, 0.6) is 0 Å². The Morgan fingerprint density at radius 1 is 0.732 bits per heavy atom. The van der Waals surface area contributed by atoms with E-state index in [1.165, 1.54) is 76.2 Å². The van der Waals surface area contributed by atoms with Crippen molar-refractivity contribution >= 4 is 65.1 Å². The van der Waals surface area contributed by atoms with Gasteiger partial charge in [-0.05, 0) is 117 Å². The van der Waals surface area contributed by atoms with E-state index in [-0.39, 0.29) is 58.9 Å². The van der Waals surface area contributed by atoms with E-state index in [1.807, 2.05) is 13.8 Å². The third-order valence-corrected chi connectivity index (χ3v) is 19.2. The average molecular weight is 1340 g/mol. The lowest BCUT2D eigenvalue weighted by Crippen LogP contribution is -2.82. The largest absolute Gasteiger partial charge is 0.509 e. The number of ether oxygens (including phenoxy) is 7. The molecule has 4 aliphatic rings. The Balaban J connectivity index is 1.13. The summed E-state index contributed by atoms with van der Waals surface area (Å²) in [6.07, 6.45) is -11.4. The van der Waals surface area contributed by atoms with Crippen LogP contribution in [0.4, 0.5) is 10.5 Å². The predicted octanol–water partition coefficient (Wildman–Crippen LogP) is 6.16. The zero-order valence-electron chi connectivity index (χ0n) is 56.3. The summed E-state index contributed by atoms with van der Waals surface area (Å²) in [6.45, 7) is 14.9. The molecule has 1 heterocycles. The number of carbonyl (C=O) groups excluding carboxylic acids is 10. The Morgan fingerprint density at radius 2 is 1.34 bits per heavy atom. The minimum atomic E-state index is -2.55. The molecular formula is C72H90N6O19. The second kappa shape index (κ2) is 31.1. The van der Waals surface area contributed by atoms with Gasteiger partial charge >= 0.3 is 30.0 Å². The van der Waals surface area contributed by atoms with Crippen molar-refractivity contribution in [3.63, 3.8) is 0 Å². The smallest absolute Gasteiger partial charge is 0.455 e. The number of aliphatic hydroxyl groups excluding tert-OH is 1. The Bertz CT molecular complexity index is 3570. The highest BCUT2D eigenvalue weighted by Gasteiger charge is 2.78. The van der Waals surface area contributed by atoms with E-state index < -0.39 is 168 Å². The lowest BCUT2D eigenvalue weighted by molar-refractivity contribution is -0.346. The number of fused-ring (bicyclic) bond motifs is 5. The summed E-state index contributed by atoms with van der Waals surface area (Å²) < 4.78 is 42.7. The molecule has 0 spiro atoms. The molecule has 97 heavy (non-hydrogen) atoms. The number of rotatable bonds is 26. The SMILES string of the molecule is CC(=O)O[C@H]1C(=O)[C@@]2(C)C(C(OC(=O)c3ccccc3)[C@]3(O)C[C@H](OC(=O)[C@H](OC(=O)OCc4ccc(NC(=O)[C@H](CCCCN)NC(=O)[C@H](CC(C)C)NC(=O)[C@H](N)C(C)C)cc4)[C@@H](NC(=O)c4ccccc4)c4ccccc4)C(C)=C1C3(C)C)[C@]1(OC(C)=O)CO[C@@H]1C[C@@H]2O. The van der Waals surface area contributed by atoms with Crippen molar-refractivity contribution in [2.45, 2.75) is 186 Å². The summed E-state index contributed by atoms with van der Waals surface area (Å²) in [5.41, 5.74) is 4.46. The highest BCUT2D eigenvalue weighted by atomic mass is 16.7. The maximum absolute atomic E-state index is 15.9. The van der Waals surface area contributed by atoms with Gasteiger partial charge in [0, 0.05) is 43.4 Å². The molecule has 0 aromatic heterocycles. The summed E-state index contributed by atoms with van der Waals surface area (Å²) in [6, 6.07) is 25.3. The lowest BCUT2D eigenvalue weighted by atomic mass is 9.44. The molecule has 3 aliphatic carbocycles. The molecule has 2 unspecified atom stereocenters. The Hall–Kier alpha value is -8.88. The minimum absolute atomic E-state index is 0.00515. The Kier molecular flexibility index (Phi) is 23.7. The van der Waals surface area contributed by atoms with Crippen molar-refractivity contribution in [2.24, 2.45) is 40.1 Å². The average Bonchev–Trinajstić information content (AvgIpc) is 0.669. The second-order valence-electron chi connectivity index (χ2n) is 27.0. The van der Waals surface area contributed by atoms with Gasteiger partial charge in [-0.2, -0.15) is 0 Å². The highest BCUT2D eigenvalue weighted by Crippen LogP contribution is 2.64. The first-order chi connectivity index (χ1) is 45.9. The number of nitrogens with two attached hydrogens (primary N) is 2. The summed E-state index contributed by atoms with van der Waals surface area (Å²) in [5, 5.41) is 37.7. The lowest BCUT2D eigenvalue weighted by Gasteiger charge is -2.67. The second-order valence-corrected chi connectivity index (χ2v) is 27.0. The topological polar surface area (TPSA) is 376 Å². The summed E-state index contributed by atoms with van der Waals surface area (Å²) in [5.74, 6) is -9.30. The quantitative estimate of drug-likeness (QED) is 0.0151. The van der Waals surface area contributed by atoms with Gasteiger partial charge in [-0.1, -0.05) is 120 Å². The molecule has 4 aromatic rings. The zero-order chi connectivity index (χ0) is 70.9. The Morgan fingerprint density at radius 3 is 1.91 bits per heavy atom. The summed E-state index contributed by atoms with van der Waals surface area (Å²) >= 11 is 0. The van der Waals surface area contributed by atoms with Gasteiger partial charge in [0.1, 0.15) is 48.6 Å². The number of aliphatic hydroxyl groups is 2. The van der Waals surface area contributed by atoms with Gasteiger partial charge in [0.2, 0.25) is 23.8 Å². The zero-order valence-corrected chi connectivity index (χ0v) is 56.3. The van der Waals surface area contributed by atoms with Crippen molar-refractivity contribution < 1.29 is 91.3 Å². The van der Waals surface area contributed by atoms with E-state index >= 15 is 9.59 Å². The van der Waals surface area contributed by atoms with Crippen LogP contribution in [0.3, 0.4) is 0 Å². The van der Waals surface area contributed by atoms with Gasteiger partial charge in [0.15, 0.2) is 17.5 Å². The molecule has 4 aromatic carbocycles. The van der Waals surface area contributed by atoms with Crippen molar-refractivity contribution in [1.82, 2.24) is 16.0 Å². The highest BCUT2D eigenvalue weighted by molar-refractivity contribution is 5.99. The third kappa shape index (κ3) is 16.1. The summed E-state index contributed by atoms with van der Waals surface area (Å²) in [4.78, 5) is 142. The van der Waals surface area contributed by atoms with Crippen molar-refractivity contribution in [1.29, 1.82) is 0 Å². The number of hydrogen-bond acceptors (Lipinski definition) is 21. The number of Topliss-reactive ketones (excluding diaryl/α,β-unsaturated/α-hetero) is 1. The van der Waals surface area contributed by atoms with Crippen LogP contribution >= 0.6 is 0 Å². The fourth-order valence-corrected chi connectivity index (χ4v) is 13.8. The minimum Gasteiger partial charge on any atom is -0.455 e. The first-order valence-corrected chi connectivity index (χ1v) is 32.7. The molecule has 10 N–H and O–H groups in total. The van der Waals surface area contributed by atoms with Crippen LogP contribution in [0, 0.1) is 28.6 Å². The van der Waals surface area contributed by atoms with Crippen LogP contribution < -0.4 is 32.7 Å². The number of amides is 4. The van der Waals surface area contributed by atoms with Gasteiger partial charge in [-0.25, -0.2) is 14.4 Å². The number of hydrogen-bond donors (Lipinski definition) is 8. The van der Waals surface area contributed by atoms with E-state index in [2.05, 4.69) is 21.3 Å². The van der Waals surface area contributed by atoms with Crippen molar-refractivity contribution in [3.05, 3.63) is 149 Å². The van der Waals surface area contributed by atoms with E-state index in [4.69, 9.17) is 44.6 Å². The van der Waals surface area contributed by atoms with Crippen LogP contribution in [-0.4, -0.2) is 149 Å². The van der Waals surface area contributed by atoms with Crippen molar-refractivity contribution in [2.75, 3.05) is 18.5 Å². The number of esters is 4. The number of anilines is 1.